The average molecular weight is 341 g/mol. The van der Waals surface area contributed by atoms with Crippen molar-refractivity contribution < 1.29 is 9.90 Å². The minimum absolute atomic E-state index is 0.135. The van der Waals surface area contributed by atoms with E-state index in [4.69, 9.17) is 0 Å². The third-order valence-electron chi connectivity index (χ3n) is 5.08. The van der Waals surface area contributed by atoms with E-state index in [1.807, 2.05) is 28.0 Å². The first-order valence-electron chi connectivity index (χ1n) is 8.78. The van der Waals surface area contributed by atoms with Gasteiger partial charge in [-0.15, -0.1) is 0 Å². The predicted molar refractivity (Wildman–Crippen MR) is 91.4 cm³/mol. The van der Waals surface area contributed by atoms with Gasteiger partial charge in [0.15, 0.2) is 0 Å². The summed E-state index contributed by atoms with van der Waals surface area (Å²) in [6.07, 6.45) is 4.29. The molecule has 25 heavy (non-hydrogen) atoms. The number of benzene rings is 1. The van der Waals surface area contributed by atoms with Crippen LogP contribution in [0.5, 0.6) is 0 Å². The molecule has 2 aromatic rings. The highest BCUT2D eigenvalue weighted by Crippen LogP contribution is 2.31. The molecule has 1 amide bonds. The maximum atomic E-state index is 12.9. The number of nitrogens with one attached hydrogen (secondary N) is 1. The fourth-order valence-corrected chi connectivity index (χ4v) is 3.51. The van der Waals surface area contributed by atoms with Gasteiger partial charge in [-0.3, -0.25) is 9.69 Å². The second-order valence-corrected chi connectivity index (χ2v) is 7.09. The Hall–Kier alpha value is -2.25. The molecule has 2 fully saturated rings. The number of H-pyrrole nitrogens is 1. The van der Waals surface area contributed by atoms with Gasteiger partial charge in [0.2, 0.25) is 5.91 Å². The molecule has 7 nitrogen and oxygen atoms in total. The minimum Gasteiger partial charge on any atom is -0.382 e. The van der Waals surface area contributed by atoms with E-state index in [0.29, 0.717) is 44.3 Å². The normalized spacial score (nSPS) is 23.7. The topological polar surface area (TPSA) is 85.3 Å². The fourth-order valence-electron chi connectivity index (χ4n) is 3.51. The first-order valence-corrected chi connectivity index (χ1v) is 8.78. The van der Waals surface area contributed by atoms with Crippen molar-refractivity contribution in [2.45, 2.75) is 37.5 Å². The number of hydrogen-bond acceptors (Lipinski definition) is 5. The van der Waals surface area contributed by atoms with Gasteiger partial charge in [0, 0.05) is 25.7 Å². The Bertz CT molecular complexity index is 716. The number of carbonyl (C=O) groups excluding carboxylic acids is 1. The zero-order valence-corrected chi connectivity index (χ0v) is 14.1. The molecule has 0 unspecified atom stereocenters. The molecule has 1 atom stereocenters. The highest BCUT2D eigenvalue weighted by molar-refractivity contribution is 5.79. The van der Waals surface area contributed by atoms with Crippen molar-refractivity contribution in [2.75, 3.05) is 19.6 Å². The van der Waals surface area contributed by atoms with Gasteiger partial charge >= 0.3 is 0 Å². The van der Waals surface area contributed by atoms with Crippen LogP contribution in [0.1, 0.15) is 30.5 Å². The average Bonchev–Trinajstić information content (AvgIpc) is 3.14. The molecule has 1 aliphatic heterocycles. The maximum Gasteiger partial charge on any atom is 0.237 e. The highest BCUT2D eigenvalue weighted by Gasteiger charge is 2.41. The number of aromatic nitrogens is 3. The lowest BCUT2D eigenvalue weighted by Crippen LogP contribution is -2.41. The van der Waals surface area contributed by atoms with Gasteiger partial charge in [0.1, 0.15) is 11.3 Å². The molecule has 1 saturated heterocycles. The van der Waals surface area contributed by atoms with Crippen molar-refractivity contribution in [3.05, 3.63) is 47.8 Å². The summed E-state index contributed by atoms with van der Waals surface area (Å²) in [4.78, 5) is 16.9. The molecule has 2 N–H and O–H groups in total. The van der Waals surface area contributed by atoms with Gasteiger partial charge in [-0.2, -0.15) is 15.4 Å². The molecule has 1 aliphatic carbocycles. The van der Waals surface area contributed by atoms with Gasteiger partial charge in [-0.05, 0) is 24.8 Å². The second kappa shape index (κ2) is 6.57. The molecule has 0 bridgehead atoms. The summed E-state index contributed by atoms with van der Waals surface area (Å²) >= 11 is 0. The molecule has 132 valence electrons. The summed E-state index contributed by atoms with van der Waals surface area (Å²) in [6.45, 7) is 2.09. The molecule has 2 heterocycles. The van der Waals surface area contributed by atoms with Gasteiger partial charge in [0.05, 0.1) is 12.7 Å². The zero-order valence-electron chi connectivity index (χ0n) is 14.1. The third-order valence-corrected chi connectivity index (χ3v) is 5.08. The van der Waals surface area contributed by atoms with Crippen LogP contribution in [-0.4, -0.2) is 61.9 Å². The van der Waals surface area contributed by atoms with Crippen molar-refractivity contribution in [2.24, 2.45) is 0 Å². The number of β-amino-alcohol motifs (C(OH)–C–C–N with tert-alkyl or cyclic N) is 1. The largest absolute Gasteiger partial charge is 0.382 e. The summed E-state index contributed by atoms with van der Waals surface area (Å²) in [5.74, 6) is 0.135. The molecule has 2 aliphatic rings. The van der Waals surface area contributed by atoms with Crippen molar-refractivity contribution >= 4 is 5.91 Å². The van der Waals surface area contributed by atoms with Crippen LogP contribution in [0.2, 0.25) is 0 Å². The number of amides is 1. The first-order chi connectivity index (χ1) is 12.1. The number of aliphatic hydroxyl groups is 1. The van der Waals surface area contributed by atoms with E-state index < -0.39 is 5.60 Å². The number of carbonyl (C=O) groups is 1. The van der Waals surface area contributed by atoms with Crippen LogP contribution in [0.3, 0.4) is 0 Å². The molecule has 7 heteroatoms. The van der Waals surface area contributed by atoms with E-state index in [-0.39, 0.29) is 5.91 Å². The Kier molecular flexibility index (Phi) is 4.27. The summed E-state index contributed by atoms with van der Waals surface area (Å²) < 4.78 is 0. The monoisotopic (exact) mass is 341 g/mol. The second-order valence-electron chi connectivity index (χ2n) is 7.09. The highest BCUT2D eigenvalue weighted by atomic mass is 16.3. The standard InChI is InChI=1S/C18H23N5O2/c24-17(23(15-6-7-15)11-14-4-2-1-3-5-14)12-22-9-8-18(25,13-22)16-10-19-21-20-16/h1-5,10,15,25H,6-9,11-13H2,(H,19,20,21)/t18-/m1/s1. The van der Waals surface area contributed by atoms with E-state index in [2.05, 4.69) is 27.5 Å². The smallest absolute Gasteiger partial charge is 0.237 e. The van der Waals surface area contributed by atoms with Crippen LogP contribution in [0.15, 0.2) is 36.5 Å². The van der Waals surface area contributed by atoms with Crippen LogP contribution >= 0.6 is 0 Å². The number of likely N-dealkylation sites (tertiary alicyclic amines) is 1. The summed E-state index contributed by atoms with van der Waals surface area (Å²) in [7, 11) is 0. The van der Waals surface area contributed by atoms with Crippen LogP contribution in [0.25, 0.3) is 0 Å². The number of hydrogen-bond donors (Lipinski definition) is 2. The Morgan fingerprint density at radius 1 is 1.36 bits per heavy atom. The quantitative estimate of drug-likeness (QED) is 0.815. The Morgan fingerprint density at radius 2 is 2.16 bits per heavy atom. The molecule has 4 rings (SSSR count). The van der Waals surface area contributed by atoms with Crippen LogP contribution < -0.4 is 0 Å². The number of rotatable bonds is 6. The minimum atomic E-state index is -1.02. The summed E-state index contributed by atoms with van der Waals surface area (Å²) in [5, 5.41) is 21.1. The van der Waals surface area contributed by atoms with Gasteiger partial charge < -0.3 is 10.0 Å². The van der Waals surface area contributed by atoms with E-state index in [0.717, 1.165) is 18.4 Å². The molecular formula is C18H23N5O2. The van der Waals surface area contributed by atoms with Gasteiger partial charge in [0.25, 0.3) is 0 Å². The third kappa shape index (κ3) is 3.57. The molecule has 0 spiro atoms. The molecule has 1 saturated carbocycles. The Balaban J connectivity index is 1.39. The maximum absolute atomic E-state index is 12.9. The van der Waals surface area contributed by atoms with E-state index in [9.17, 15) is 9.90 Å². The van der Waals surface area contributed by atoms with Crippen LogP contribution in [-0.2, 0) is 16.9 Å². The Labute approximate surface area is 146 Å². The van der Waals surface area contributed by atoms with Gasteiger partial charge in [-0.1, -0.05) is 30.3 Å². The summed E-state index contributed by atoms with van der Waals surface area (Å²) in [6, 6.07) is 10.5. The number of nitrogens with zero attached hydrogens (tertiary/aromatic N) is 4. The van der Waals surface area contributed by atoms with Gasteiger partial charge in [-0.25, -0.2) is 0 Å². The van der Waals surface area contributed by atoms with Crippen molar-refractivity contribution in [3.8, 4) is 0 Å². The predicted octanol–water partition coefficient (Wildman–Crippen LogP) is 0.889. The van der Waals surface area contributed by atoms with Crippen molar-refractivity contribution in [1.29, 1.82) is 0 Å². The lowest BCUT2D eigenvalue weighted by Gasteiger charge is -2.26. The van der Waals surface area contributed by atoms with E-state index in [1.165, 1.54) is 0 Å². The van der Waals surface area contributed by atoms with Crippen molar-refractivity contribution in [3.63, 3.8) is 0 Å². The SMILES string of the molecule is O=C(CN1CC[C@](O)(c2cn[nH]n2)C1)N(Cc1ccccc1)C1CC1. The van der Waals surface area contributed by atoms with Crippen molar-refractivity contribution in [1.82, 2.24) is 25.2 Å². The molecular weight excluding hydrogens is 318 g/mol. The van der Waals surface area contributed by atoms with E-state index in [1.54, 1.807) is 6.20 Å². The van der Waals surface area contributed by atoms with E-state index >= 15 is 0 Å². The Morgan fingerprint density at radius 3 is 2.84 bits per heavy atom. The first kappa shape index (κ1) is 16.2. The lowest BCUT2D eigenvalue weighted by molar-refractivity contribution is -0.133. The molecule has 0 radical (unpaired) electrons. The number of aromatic amines is 1. The lowest BCUT2D eigenvalue weighted by atomic mass is 10.0. The molecule has 1 aromatic carbocycles. The van der Waals surface area contributed by atoms with Crippen LogP contribution in [0, 0.1) is 0 Å². The fraction of sp³-hybridized carbons (Fsp3) is 0.500. The van der Waals surface area contributed by atoms with Crippen LogP contribution in [0.4, 0.5) is 0 Å². The molecule has 1 aromatic heterocycles. The summed E-state index contributed by atoms with van der Waals surface area (Å²) in [5.41, 5.74) is 0.686. The zero-order chi connectivity index (χ0) is 17.3.